The third-order valence-electron chi connectivity index (χ3n) is 5.53. The maximum Gasteiger partial charge on any atom is 0.343 e. The highest BCUT2D eigenvalue weighted by Crippen LogP contribution is 2.58. The molecule has 0 unspecified atom stereocenters. The molecule has 1 aliphatic carbocycles. The van der Waals surface area contributed by atoms with E-state index in [0.29, 0.717) is 17.9 Å². The van der Waals surface area contributed by atoms with Gasteiger partial charge in [0.1, 0.15) is 17.0 Å². The van der Waals surface area contributed by atoms with Gasteiger partial charge in [-0.25, -0.2) is 9.78 Å². The molecule has 0 spiro atoms. The third kappa shape index (κ3) is 2.51. The van der Waals surface area contributed by atoms with Gasteiger partial charge in [-0.15, -0.1) is 0 Å². The van der Waals surface area contributed by atoms with E-state index < -0.39 is 5.97 Å². The second-order valence-electron chi connectivity index (χ2n) is 7.64. The van der Waals surface area contributed by atoms with Gasteiger partial charge in [-0.05, 0) is 33.1 Å². The number of hydrogen-bond donors (Lipinski definition) is 0. The van der Waals surface area contributed by atoms with Crippen LogP contribution >= 0.6 is 0 Å². The topological polar surface area (TPSA) is 62.1 Å². The second-order valence-corrected chi connectivity index (χ2v) is 7.64. The lowest BCUT2D eigenvalue weighted by Crippen LogP contribution is -2.45. The minimum Gasteiger partial charge on any atom is -0.490 e. The smallest absolute Gasteiger partial charge is 0.343 e. The van der Waals surface area contributed by atoms with Gasteiger partial charge in [0.15, 0.2) is 0 Å². The Bertz CT molecular complexity index is 835. The Morgan fingerprint density at radius 3 is 2.80 bits per heavy atom. The highest BCUT2D eigenvalue weighted by atomic mass is 16.5. The first-order valence-corrected chi connectivity index (χ1v) is 8.80. The number of rotatable bonds is 5. The number of nitrogens with zero attached hydrogens (tertiary/aromatic N) is 2. The zero-order chi connectivity index (χ0) is 17.8. The van der Waals surface area contributed by atoms with E-state index in [1.54, 1.807) is 6.20 Å². The lowest BCUT2D eigenvalue weighted by atomic mass is 9.62. The van der Waals surface area contributed by atoms with Gasteiger partial charge in [-0.3, -0.25) is 0 Å². The first-order valence-electron chi connectivity index (χ1n) is 8.80. The fourth-order valence-corrected chi connectivity index (χ4v) is 4.08. The summed E-state index contributed by atoms with van der Waals surface area (Å²) in [5.41, 5.74) is 2.24. The van der Waals surface area contributed by atoms with Gasteiger partial charge in [-0.1, -0.05) is 6.92 Å². The molecule has 0 N–H and O–H groups in total. The Hall–Kier alpha value is -2.08. The van der Waals surface area contributed by atoms with Crippen LogP contribution in [-0.2, 0) is 14.9 Å². The van der Waals surface area contributed by atoms with Crippen LogP contribution in [0, 0.1) is 0 Å². The van der Waals surface area contributed by atoms with Crippen LogP contribution in [0.25, 0.3) is 5.65 Å². The normalized spacial score (nSPS) is 28.6. The molecule has 6 nitrogen and oxygen atoms in total. The van der Waals surface area contributed by atoms with E-state index in [4.69, 9.17) is 19.2 Å². The van der Waals surface area contributed by atoms with Gasteiger partial charge in [0.05, 0.1) is 31.1 Å². The average molecular weight is 344 g/mol. The molecule has 6 heteroatoms. The molecular weight excluding hydrogens is 320 g/mol. The monoisotopic (exact) mass is 344 g/mol. The van der Waals surface area contributed by atoms with Crippen molar-refractivity contribution in [2.24, 2.45) is 0 Å². The molecule has 2 bridgehead atoms. The molecule has 0 amide bonds. The van der Waals surface area contributed by atoms with Crippen LogP contribution in [-0.4, -0.2) is 40.8 Å². The minimum absolute atomic E-state index is 0.00875. The molecule has 1 saturated carbocycles. The molecule has 1 atom stereocenters. The summed E-state index contributed by atoms with van der Waals surface area (Å²) in [5, 5.41) is 0. The summed E-state index contributed by atoms with van der Waals surface area (Å²) in [5.74, 6) is 0.110. The van der Waals surface area contributed by atoms with Crippen molar-refractivity contribution in [3.8, 4) is 5.75 Å². The first kappa shape index (κ1) is 16.4. The van der Waals surface area contributed by atoms with Crippen molar-refractivity contribution in [1.82, 2.24) is 9.38 Å². The molecule has 3 aliphatic rings. The van der Waals surface area contributed by atoms with Gasteiger partial charge >= 0.3 is 5.97 Å². The molecule has 5 rings (SSSR count). The molecule has 4 heterocycles. The number of imidazole rings is 1. The zero-order valence-corrected chi connectivity index (χ0v) is 15.2. The molecule has 0 aromatic carbocycles. The summed E-state index contributed by atoms with van der Waals surface area (Å²) in [7, 11) is 1.38. The lowest BCUT2D eigenvalue weighted by molar-refractivity contribution is 0.0154. The molecule has 2 aliphatic heterocycles. The van der Waals surface area contributed by atoms with Crippen LogP contribution < -0.4 is 4.74 Å². The van der Waals surface area contributed by atoms with E-state index in [0.717, 1.165) is 30.6 Å². The van der Waals surface area contributed by atoms with Crippen LogP contribution in [0.5, 0.6) is 5.75 Å². The molecular formula is C19H24N2O4. The number of carbonyl (C=O) groups excluding carboxylic acids is 1. The van der Waals surface area contributed by atoms with Crippen molar-refractivity contribution in [2.45, 2.75) is 57.2 Å². The number of methoxy groups -OCH3 is 1. The Morgan fingerprint density at radius 1 is 1.44 bits per heavy atom. The van der Waals surface area contributed by atoms with Gasteiger partial charge in [0.25, 0.3) is 0 Å². The predicted molar refractivity (Wildman–Crippen MR) is 92.2 cm³/mol. The Labute approximate surface area is 147 Å². The average Bonchev–Trinajstić information content (AvgIpc) is 3.23. The summed E-state index contributed by atoms with van der Waals surface area (Å²) in [6.07, 6.45) is 6.62. The second kappa shape index (κ2) is 5.46. The largest absolute Gasteiger partial charge is 0.490 e. The number of ether oxygens (including phenoxy) is 3. The fraction of sp³-hybridized carbons (Fsp3) is 0.579. The van der Waals surface area contributed by atoms with Crippen LogP contribution in [0.15, 0.2) is 18.5 Å². The van der Waals surface area contributed by atoms with E-state index in [1.807, 2.05) is 30.5 Å². The van der Waals surface area contributed by atoms with Gasteiger partial charge in [0.2, 0.25) is 0 Å². The maximum absolute atomic E-state index is 12.2. The predicted octanol–water partition coefficient (Wildman–Crippen LogP) is 3.12. The standard InChI is InChI=1S/C19H24N2O4/c1-5-12(2)25-14-6-16-20-15(19-9-18(3,10-19)24-11-19)8-21(16)7-13(14)17(22)23-4/h6-8,12H,5,9-11H2,1-4H3/t12-,18?,19?/m1/s1. The number of fused-ring (bicyclic) bond motifs is 2. The molecule has 0 radical (unpaired) electrons. The molecule has 2 aromatic heterocycles. The highest BCUT2D eigenvalue weighted by molar-refractivity contribution is 5.92. The summed E-state index contributed by atoms with van der Waals surface area (Å²) >= 11 is 0. The minimum atomic E-state index is -0.408. The number of hydrogen-bond acceptors (Lipinski definition) is 5. The molecule has 25 heavy (non-hydrogen) atoms. The van der Waals surface area contributed by atoms with Crippen LogP contribution in [0.2, 0.25) is 0 Å². The molecule has 3 fully saturated rings. The van der Waals surface area contributed by atoms with E-state index in [-0.39, 0.29) is 17.1 Å². The van der Waals surface area contributed by atoms with Crippen molar-refractivity contribution in [3.05, 3.63) is 29.7 Å². The summed E-state index contributed by atoms with van der Waals surface area (Å²) in [4.78, 5) is 17.0. The Kier molecular flexibility index (Phi) is 3.58. The highest BCUT2D eigenvalue weighted by Gasteiger charge is 2.61. The third-order valence-corrected chi connectivity index (χ3v) is 5.53. The van der Waals surface area contributed by atoms with Gasteiger partial charge in [0, 0.05) is 23.9 Å². The van der Waals surface area contributed by atoms with Crippen molar-refractivity contribution in [2.75, 3.05) is 13.7 Å². The summed E-state index contributed by atoms with van der Waals surface area (Å²) in [6, 6.07) is 1.83. The van der Waals surface area contributed by atoms with Crippen LogP contribution in [0.4, 0.5) is 0 Å². The number of carbonyl (C=O) groups is 1. The molecule has 2 saturated heterocycles. The van der Waals surface area contributed by atoms with Crippen molar-refractivity contribution in [3.63, 3.8) is 0 Å². The zero-order valence-electron chi connectivity index (χ0n) is 15.2. The van der Waals surface area contributed by atoms with Gasteiger partial charge < -0.3 is 18.6 Å². The number of aromatic nitrogens is 2. The first-order chi connectivity index (χ1) is 11.9. The molecule has 134 valence electrons. The number of pyridine rings is 1. The summed E-state index contributed by atoms with van der Waals surface area (Å²) < 4.78 is 18.6. The van der Waals surface area contributed by atoms with Crippen LogP contribution in [0.3, 0.4) is 0 Å². The Morgan fingerprint density at radius 2 is 2.20 bits per heavy atom. The maximum atomic E-state index is 12.2. The van der Waals surface area contributed by atoms with Crippen LogP contribution in [0.1, 0.15) is 56.1 Å². The van der Waals surface area contributed by atoms with E-state index in [9.17, 15) is 4.79 Å². The van der Waals surface area contributed by atoms with E-state index in [1.165, 1.54) is 7.11 Å². The lowest BCUT2D eigenvalue weighted by Gasteiger charge is -2.41. The quantitative estimate of drug-likeness (QED) is 0.780. The fourth-order valence-electron chi connectivity index (χ4n) is 4.08. The molecule has 2 aromatic rings. The van der Waals surface area contributed by atoms with Crippen molar-refractivity contribution >= 4 is 11.6 Å². The van der Waals surface area contributed by atoms with Crippen molar-refractivity contribution in [1.29, 1.82) is 0 Å². The Balaban J connectivity index is 1.76. The van der Waals surface area contributed by atoms with Crippen molar-refractivity contribution < 1.29 is 19.0 Å². The van der Waals surface area contributed by atoms with E-state index >= 15 is 0 Å². The summed E-state index contributed by atoms with van der Waals surface area (Å²) in [6.45, 7) is 6.89. The SMILES string of the molecule is CC[C@@H](C)Oc1cc2nc(C34COC(C)(C3)C4)cn2cc1C(=O)OC. The van der Waals surface area contributed by atoms with E-state index in [2.05, 4.69) is 6.92 Å². The van der Waals surface area contributed by atoms with Gasteiger partial charge in [-0.2, -0.15) is 0 Å². The number of esters is 1.